The Balaban J connectivity index is 1.94. The summed E-state index contributed by atoms with van der Waals surface area (Å²) in [5, 5.41) is 3.16. The lowest BCUT2D eigenvalue weighted by Crippen LogP contribution is -2.51. The number of hydrogen-bond donors (Lipinski definition) is 1. The first kappa shape index (κ1) is 14.6. The highest BCUT2D eigenvalue weighted by Crippen LogP contribution is 2.33. The van der Waals surface area contributed by atoms with Crippen molar-refractivity contribution in [2.75, 3.05) is 19.6 Å². The van der Waals surface area contributed by atoms with E-state index in [1.54, 1.807) is 0 Å². The van der Waals surface area contributed by atoms with Gasteiger partial charge in [-0.05, 0) is 32.2 Å². The monoisotopic (exact) mass is 278 g/mol. The van der Waals surface area contributed by atoms with Crippen molar-refractivity contribution in [2.45, 2.75) is 50.7 Å². The van der Waals surface area contributed by atoms with Gasteiger partial charge in [-0.2, -0.15) is 13.2 Å². The predicted molar refractivity (Wildman–Crippen MR) is 65.6 cm³/mol. The molecule has 0 radical (unpaired) electrons. The van der Waals surface area contributed by atoms with E-state index in [-0.39, 0.29) is 24.9 Å². The number of halogens is 3. The van der Waals surface area contributed by atoms with E-state index in [4.69, 9.17) is 0 Å². The Morgan fingerprint density at radius 2 is 1.89 bits per heavy atom. The van der Waals surface area contributed by atoms with E-state index in [9.17, 15) is 18.0 Å². The minimum absolute atomic E-state index is 0.143. The molecule has 0 spiro atoms. The van der Waals surface area contributed by atoms with E-state index >= 15 is 0 Å². The molecule has 2 saturated heterocycles. The van der Waals surface area contributed by atoms with Crippen molar-refractivity contribution in [3.05, 3.63) is 0 Å². The first-order chi connectivity index (χ1) is 8.98. The van der Waals surface area contributed by atoms with Crippen LogP contribution >= 0.6 is 0 Å². The normalized spacial score (nSPS) is 29.9. The van der Waals surface area contributed by atoms with Gasteiger partial charge in [0.2, 0.25) is 5.91 Å². The van der Waals surface area contributed by atoms with Crippen LogP contribution in [0.5, 0.6) is 0 Å². The Hall–Kier alpha value is -0.780. The van der Waals surface area contributed by atoms with Gasteiger partial charge >= 0.3 is 6.18 Å². The Morgan fingerprint density at radius 1 is 1.11 bits per heavy atom. The van der Waals surface area contributed by atoms with E-state index < -0.39 is 12.1 Å². The largest absolute Gasteiger partial charge is 0.393 e. The number of amides is 1. The molecule has 2 aliphatic heterocycles. The Labute approximate surface area is 111 Å². The van der Waals surface area contributed by atoms with Gasteiger partial charge in [0.25, 0.3) is 0 Å². The first-order valence-corrected chi connectivity index (χ1v) is 7.07. The van der Waals surface area contributed by atoms with Crippen LogP contribution in [0, 0.1) is 5.92 Å². The van der Waals surface area contributed by atoms with Crippen molar-refractivity contribution in [1.82, 2.24) is 10.2 Å². The fourth-order valence-corrected chi connectivity index (χ4v) is 2.90. The van der Waals surface area contributed by atoms with E-state index in [2.05, 4.69) is 5.32 Å². The maximum absolute atomic E-state index is 12.7. The average molecular weight is 278 g/mol. The molecule has 19 heavy (non-hydrogen) atoms. The molecule has 1 N–H and O–H groups in total. The highest BCUT2D eigenvalue weighted by atomic mass is 19.4. The van der Waals surface area contributed by atoms with Crippen molar-refractivity contribution in [2.24, 2.45) is 5.92 Å². The van der Waals surface area contributed by atoms with Crippen LogP contribution in [0.3, 0.4) is 0 Å². The number of nitrogens with zero attached hydrogens (tertiary/aromatic N) is 1. The number of hydrogen-bond acceptors (Lipinski definition) is 2. The van der Waals surface area contributed by atoms with Crippen LogP contribution in [0.4, 0.5) is 13.2 Å². The van der Waals surface area contributed by atoms with E-state index in [0.29, 0.717) is 13.0 Å². The molecule has 2 fully saturated rings. The molecule has 6 heteroatoms. The summed E-state index contributed by atoms with van der Waals surface area (Å²) in [7, 11) is 0. The molecule has 2 rings (SSSR count). The van der Waals surface area contributed by atoms with Gasteiger partial charge in [0.05, 0.1) is 12.0 Å². The fraction of sp³-hybridized carbons (Fsp3) is 0.923. The summed E-state index contributed by atoms with van der Waals surface area (Å²) in [6.45, 7) is 1.08. The molecule has 2 atom stereocenters. The molecule has 0 saturated carbocycles. The second-order valence-corrected chi connectivity index (χ2v) is 5.52. The molecule has 2 unspecified atom stereocenters. The number of piperidine rings is 1. The third-order valence-electron chi connectivity index (χ3n) is 4.05. The van der Waals surface area contributed by atoms with Gasteiger partial charge in [-0.1, -0.05) is 12.8 Å². The van der Waals surface area contributed by atoms with Gasteiger partial charge in [-0.25, -0.2) is 0 Å². The van der Waals surface area contributed by atoms with E-state index in [1.807, 2.05) is 0 Å². The van der Waals surface area contributed by atoms with Crippen LogP contribution in [0.25, 0.3) is 0 Å². The lowest BCUT2D eigenvalue weighted by molar-refractivity contribution is -0.188. The van der Waals surface area contributed by atoms with Crippen molar-refractivity contribution >= 4 is 5.91 Å². The summed E-state index contributed by atoms with van der Waals surface area (Å²) in [5.74, 6) is -1.49. The van der Waals surface area contributed by atoms with Crippen LogP contribution in [0.2, 0.25) is 0 Å². The molecule has 1 amide bonds. The fourth-order valence-electron chi connectivity index (χ4n) is 2.90. The summed E-state index contributed by atoms with van der Waals surface area (Å²) in [4.78, 5) is 13.7. The van der Waals surface area contributed by atoms with Gasteiger partial charge in [0, 0.05) is 13.1 Å². The van der Waals surface area contributed by atoms with Crippen LogP contribution in [-0.2, 0) is 4.79 Å². The maximum atomic E-state index is 12.7. The molecular weight excluding hydrogens is 257 g/mol. The third kappa shape index (κ3) is 3.84. The Bertz CT molecular complexity index is 312. The van der Waals surface area contributed by atoms with Crippen molar-refractivity contribution in [3.8, 4) is 0 Å². The minimum atomic E-state index is -4.18. The van der Waals surface area contributed by atoms with Gasteiger partial charge in [-0.15, -0.1) is 0 Å². The van der Waals surface area contributed by atoms with Gasteiger partial charge < -0.3 is 10.2 Å². The van der Waals surface area contributed by atoms with Crippen LogP contribution < -0.4 is 5.32 Å². The van der Waals surface area contributed by atoms with Crippen LogP contribution in [0.15, 0.2) is 0 Å². The molecular formula is C13H21F3N2O. The van der Waals surface area contributed by atoms with Gasteiger partial charge in [0.1, 0.15) is 0 Å². The van der Waals surface area contributed by atoms with Crippen LogP contribution in [0.1, 0.15) is 38.5 Å². The van der Waals surface area contributed by atoms with Gasteiger partial charge in [-0.3, -0.25) is 4.79 Å². The first-order valence-electron chi connectivity index (χ1n) is 7.07. The summed E-state index contributed by atoms with van der Waals surface area (Å²) in [5.41, 5.74) is 0. The van der Waals surface area contributed by atoms with Crippen molar-refractivity contribution in [3.63, 3.8) is 0 Å². The predicted octanol–water partition coefficient (Wildman–Crippen LogP) is 2.32. The third-order valence-corrected chi connectivity index (χ3v) is 4.05. The molecule has 3 nitrogen and oxygen atoms in total. The number of likely N-dealkylation sites (tertiary alicyclic amines) is 1. The SMILES string of the molecule is O=C(C1CCCCCN1)N1CCCC(C(F)(F)F)C1. The van der Waals surface area contributed by atoms with Crippen molar-refractivity contribution < 1.29 is 18.0 Å². The number of carbonyl (C=O) groups excluding carboxylic acids is 1. The lowest BCUT2D eigenvalue weighted by atomic mass is 9.96. The number of nitrogens with one attached hydrogen (secondary N) is 1. The average Bonchev–Trinajstić information content (AvgIpc) is 2.66. The highest BCUT2D eigenvalue weighted by molar-refractivity contribution is 5.82. The second-order valence-electron chi connectivity index (χ2n) is 5.52. The second kappa shape index (κ2) is 6.11. The molecule has 110 valence electrons. The lowest BCUT2D eigenvalue weighted by Gasteiger charge is -2.35. The van der Waals surface area contributed by atoms with Crippen LogP contribution in [-0.4, -0.2) is 42.7 Å². The number of carbonyl (C=O) groups is 1. The zero-order valence-corrected chi connectivity index (χ0v) is 11.0. The summed E-state index contributed by atoms with van der Waals surface area (Å²) in [6.07, 6.45) is 0.243. The quantitative estimate of drug-likeness (QED) is 0.798. The molecule has 0 aromatic rings. The smallest absolute Gasteiger partial charge is 0.341 e. The van der Waals surface area contributed by atoms with E-state index in [0.717, 1.165) is 32.2 Å². The minimum Gasteiger partial charge on any atom is -0.341 e. The topological polar surface area (TPSA) is 32.3 Å². The standard InChI is InChI=1S/C13H21F3N2O/c14-13(15,16)10-5-4-8-18(9-10)12(19)11-6-2-1-3-7-17-11/h10-11,17H,1-9H2. The summed E-state index contributed by atoms with van der Waals surface area (Å²) < 4.78 is 38.2. The highest BCUT2D eigenvalue weighted by Gasteiger charge is 2.43. The molecule has 2 heterocycles. The zero-order chi connectivity index (χ0) is 13.9. The summed E-state index contributed by atoms with van der Waals surface area (Å²) in [6, 6.07) is -0.283. The molecule has 0 aliphatic carbocycles. The Morgan fingerprint density at radius 3 is 2.63 bits per heavy atom. The molecule has 2 aliphatic rings. The number of alkyl halides is 3. The maximum Gasteiger partial charge on any atom is 0.393 e. The Kier molecular flexibility index (Phi) is 4.71. The van der Waals surface area contributed by atoms with E-state index in [1.165, 1.54) is 4.90 Å². The summed E-state index contributed by atoms with van der Waals surface area (Å²) >= 11 is 0. The van der Waals surface area contributed by atoms with Gasteiger partial charge in [0.15, 0.2) is 0 Å². The van der Waals surface area contributed by atoms with Crippen molar-refractivity contribution in [1.29, 1.82) is 0 Å². The molecule has 0 bridgehead atoms. The molecule has 0 aromatic carbocycles. The number of rotatable bonds is 1. The zero-order valence-electron chi connectivity index (χ0n) is 11.0. The molecule has 0 aromatic heterocycles.